The summed E-state index contributed by atoms with van der Waals surface area (Å²) in [6, 6.07) is 1.89. The zero-order valence-electron chi connectivity index (χ0n) is 9.09. The summed E-state index contributed by atoms with van der Waals surface area (Å²) in [7, 11) is 0. The van der Waals surface area contributed by atoms with Gasteiger partial charge in [-0.1, -0.05) is 0 Å². The Morgan fingerprint density at radius 1 is 1.56 bits per heavy atom. The van der Waals surface area contributed by atoms with Gasteiger partial charge in [0.05, 0.1) is 0 Å². The molecule has 1 aliphatic heterocycles. The van der Waals surface area contributed by atoms with Crippen molar-refractivity contribution in [3.8, 4) is 0 Å². The molecule has 1 aromatic rings. The first-order valence-electron chi connectivity index (χ1n) is 5.24. The number of hydrogen-bond acceptors (Lipinski definition) is 3. The SMILES string of the molecule is CC1(NC(=O)c2sccc2Br)CCOCC1. The Morgan fingerprint density at radius 2 is 2.25 bits per heavy atom. The number of carbonyl (C=O) groups excluding carboxylic acids is 1. The maximum absolute atomic E-state index is 12.0. The summed E-state index contributed by atoms with van der Waals surface area (Å²) >= 11 is 4.83. The van der Waals surface area contributed by atoms with Crippen LogP contribution in [0.15, 0.2) is 15.9 Å². The number of nitrogens with one attached hydrogen (secondary N) is 1. The van der Waals surface area contributed by atoms with E-state index >= 15 is 0 Å². The van der Waals surface area contributed by atoms with Crippen molar-refractivity contribution in [3.05, 3.63) is 20.8 Å². The average Bonchev–Trinajstić information content (AvgIpc) is 2.65. The molecule has 0 saturated carbocycles. The van der Waals surface area contributed by atoms with Crippen LogP contribution in [0.3, 0.4) is 0 Å². The zero-order chi connectivity index (χ0) is 11.6. The minimum atomic E-state index is -0.126. The molecule has 0 unspecified atom stereocenters. The fourth-order valence-electron chi connectivity index (χ4n) is 1.73. The fourth-order valence-corrected chi connectivity index (χ4v) is 3.18. The average molecular weight is 304 g/mol. The third-order valence-corrected chi connectivity index (χ3v) is 4.67. The number of thiophene rings is 1. The lowest BCUT2D eigenvalue weighted by Gasteiger charge is -2.34. The van der Waals surface area contributed by atoms with Crippen LogP contribution in [0.2, 0.25) is 0 Å². The molecule has 0 bridgehead atoms. The minimum Gasteiger partial charge on any atom is -0.381 e. The van der Waals surface area contributed by atoms with E-state index in [0.29, 0.717) is 0 Å². The standard InChI is InChI=1S/C11H14BrNO2S/c1-11(3-5-15-6-4-11)13-10(14)9-8(12)2-7-16-9/h2,7H,3-6H2,1H3,(H,13,14). The van der Waals surface area contributed by atoms with Gasteiger partial charge in [-0.2, -0.15) is 0 Å². The summed E-state index contributed by atoms with van der Waals surface area (Å²) in [5.41, 5.74) is -0.126. The largest absolute Gasteiger partial charge is 0.381 e. The maximum atomic E-state index is 12.0. The monoisotopic (exact) mass is 303 g/mol. The Kier molecular flexibility index (Phi) is 3.66. The van der Waals surface area contributed by atoms with Crippen LogP contribution in [0.4, 0.5) is 0 Å². The van der Waals surface area contributed by atoms with Gasteiger partial charge in [0.25, 0.3) is 5.91 Å². The molecule has 5 heteroatoms. The van der Waals surface area contributed by atoms with E-state index in [1.165, 1.54) is 11.3 Å². The van der Waals surface area contributed by atoms with Gasteiger partial charge >= 0.3 is 0 Å². The maximum Gasteiger partial charge on any atom is 0.262 e. The van der Waals surface area contributed by atoms with E-state index in [-0.39, 0.29) is 11.4 Å². The molecule has 1 N–H and O–H groups in total. The first-order chi connectivity index (χ1) is 7.61. The van der Waals surface area contributed by atoms with Gasteiger partial charge in [-0.3, -0.25) is 4.79 Å². The second kappa shape index (κ2) is 4.85. The number of amides is 1. The molecule has 0 atom stereocenters. The molecule has 88 valence electrons. The molecule has 0 radical (unpaired) electrons. The summed E-state index contributed by atoms with van der Waals surface area (Å²) in [5.74, 6) is 0.00581. The van der Waals surface area contributed by atoms with Crippen LogP contribution in [0, 0.1) is 0 Å². The normalized spacial score (nSPS) is 19.4. The van der Waals surface area contributed by atoms with Gasteiger partial charge in [0.2, 0.25) is 0 Å². The Hall–Kier alpha value is -0.390. The molecule has 16 heavy (non-hydrogen) atoms. The van der Waals surface area contributed by atoms with Gasteiger partial charge < -0.3 is 10.1 Å². The van der Waals surface area contributed by atoms with Crippen molar-refractivity contribution >= 4 is 33.2 Å². The van der Waals surface area contributed by atoms with Crippen molar-refractivity contribution in [2.24, 2.45) is 0 Å². The van der Waals surface area contributed by atoms with Crippen LogP contribution in [0.25, 0.3) is 0 Å². The summed E-state index contributed by atoms with van der Waals surface area (Å²) in [6.07, 6.45) is 1.75. The van der Waals surface area contributed by atoms with Crippen molar-refractivity contribution in [2.75, 3.05) is 13.2 Å². The molecule has 1 aromatic heterocycles. The molecule has 1 amide bonds. The lowest BCUT2D eigenvalue weighted by Crippen LogP contribution is -2.49. The van der Waals surface area contributed by atoms with Gasteiger partial charge in [0.15, 0.2) is 0 Å². The molecular weight excluding hydrogens is 290 g/mol. The van der Waals surface area contributed by atoms with E-state index in [2.05, 4.69) is 28.2 Å². The van der Waals surface area contributed by atoms with Crippen molar-refractivity contribution in [1.29, 1.82) is 0 Å². The second-order valence-corrected chi connectivity index (χ2v) is 6.00. The smallest absolute Gasteiger partial charge is 0.262 e. The lowest BCUT2D eigenvalue weighted by atomic mass is 9.92. The predicted octanol–water partition coefficient (Wildman–Crippen LogP) is 2.81. The van der Waals surface area contributed by atoms with Gasteiger partial charge in [0.1, 0.15) is 4.88 Å². The Labute approximate surface area is 107 Å². The predicted molar refractivity (Wildman–Crippen MR) is 67.9 cm³/mol. The number of rotatable bonds is 2. The van der Waals surface area contributed by atoms with Crippen molar-refractivity contribution < 1.29 is 9.53 Å². The molecular formula is C11H14BrNO2S. The van der Waals surface area contributed by atoms with Crippen LogP contribution in [0.5, 0.6) is 0 Å². The second-order valence-electron chi connectivity index (χ2n) is 4.22. The number of hydrogen-bond donors (Lipinski definition) is 1. The highest BCUT2D eigenvalue weighted by molar-refractivity contribution is 9.10. The third kappa shape index (κ3) is 2.64. The van der Waals surface area contributed by atoms with E-state index in [0.717, 1.165) is 35.4 Å². The summed E-state index contributed by atoms with van der Waals surface area (Å²) in [4.78, 5) is 12.8. The summed E-state index contributed by atoms with van der Waals surface area (Å²) < 4.78 is 6.17. The highest BCUT2D eigenvalue weighted by Crippen LogP contribution is 2.25. The van der Waals surface area contributed by atoms with E-state index < -0.39 is 0 Å². The van der Waals surface area contributed by atoms with Crippen LogP contribution in [-0.4, -0.2) is 24.7 Å². The van der Waals surface area contributed by atoms with Crippen LogP contribution >= 0.6 is 27.3 Å². The van der Waals surface area contributed by atoms with E-state index in [1.807, 2.05) is 11.4 Å². The molecule has 2 rings (SSSR count). The molecule has 1 saturated heterocycles. The van der Waals surface area contributed by atoms with Crippen molar-refractivity contribution in [3.63, 3.8) is 0 Å². The highest BCUT2D eigenvalue weighted by Gasteiger charge is 2.30. The number of carbonyl (C=O) groups is 1. The third-order valence-electron chi connectivity index (χ3n) is 2.84. The topological polar surface area (TPSA) is 38.3 Å². The molecule has 0 aliphatic carbocycles. The van der Waals surface area contributed by atoms with Gasteiger partial charge in [-0.05, 0) is 47.1 Å². The zero-order valence-corrected chi connectivity index (χ0v) is 11.5. The molecule has 0 spiro atoms. The van der Waals surface area contributed by atoms with Crippen LogP contribution < -0.4 is 5.32 Å². The summed E-state index contributed by atoms with van der Waals surface area (Å²) in [6.45, 7) is 3.53. The van der Waals surface area contributed by atoms with Gasteiger partial charge in [-0.15, -0.1) is 11.3 Å². The quantitative estimate of drug-likeness (QED) is 0.912. The first kappa shape index (κ1) is 12.1. The van der Waals surface area contributed by atoms with Crippen molar-refractivity contribution in [1.82, 2.24) is 5.32 Å². The summed E-state index contributed by atoms with van der Waals surface area (Å²) in [5, 5.41) is 5.01. The molecule has 2 heterocycles. The van der Waals surface area contributed by atoms with Crippen molar-refractivity contribution in [2.45, 2.75) is 25.3 Å². The molecule has 3 nitrogen and oxygen atoms in total. The molecule has 1 aliphatic rings. The van der Waals surface area contributed by atoms with Gasteiger partial charge in [-0.25, -0.2) is 0 Å². The van der Waals surface area contributed by atoms with E-state index in [4.69, 9.17) is 4.74 Å². The number of halogens is 1. The molecule has 1 fully saturated rings. The fraction of sp³-hybridized carbons (Fsp3) is 0.545. The van der Waals surface area contributed by atoms with E-state index in [9.17, 15) is 4.79 Å². The van der Waals surface area contributed by atoms with E-state index in [1.54, 1.807) is 0 Å². The van der Waals surface area contributed by atoms with Crippen LogP contribution in [-0.2, 0) is 4.74 Å². The van der Waals surface area contributed by atoms with Gasteiger partial charge in [0, 0.05) is 23.2 Å². The Morgan fingerprint density at radius 3 is 2.81 bits per heavy atom. The lowest BCUT2D eigenvalue weighted by molar-refractivity contribution is 0.0424. The highest BCUT2D eigenvalue weighted by atomic mass is 79.9. The number of ether oxygens (including phenoxy) is 1. The van der Waals surface area contributed by atoms with Crippen LogP contribution in [0.1, 0.15) is 29.4 Å². The minimum absolute atomic E-state index is 0.00581. The Balaban J connectivity index is 2.04. The first-order valence-corrected chi connectivity index (χ1v) is 6.91. The molecule has 0 aromatic carbocycles. The Bertz CT molecular complexity index is 385.